The number of aliphatic hydroxyl groups excluding tert-OH is 10. The summed E-state index contributed by atoms with van der Waals surface area (Å²) in [5, 5.41) is 103. The average molecular weight is 903 g/mol. The van der Waals surface area contributed by atoms with Gasteiger partial charge in [-0.25, -0.2) is 0 Å². The van der Waals surface area contributed by atoms with Crippen LogP contribution in [0.25, 0.3) is 0 Å². The number of hydrogen-bond donors (Lipinski definition) is 10. The summed E-state index contributed by atoms with van der Waals surface area (Å²) >= 11 is 0. The third-order valence-electron chi connectivity index (χ3n) is 17.1. The minimum atomic E-state index is -1.66. The summed E-state index contributed by atoms with van der Waals surface area (Å²) in [6, 6.07) is 0. The van der Waals surface area contributed by atoms with Gasteiger partial charge in [-0.2, -0.15) is 0 Å². The first kappa shape index (κ1) is 49.6. The number of carbonyl (C=O) groups is 2. The van der Waals surface area contributed by atoms with E-state index in [0.29, 0.717) is 37.5 Å². The van der Waals surface area contributed by atoms with Crippen molar-refractivity contribution in [3.05, 3.63) is 0 Å². The lowest BCUT2D eigenvalue weighted by Gasteiger charge is -2.61. The summed E-state index contributed by atoms with van der Waals surface area (Å²) in [6.45, 7) is 8.85. The number of hydrogen-bond acceptors (Lipinski definition) is 18. The number of rotatable bonds is 14. The normalized spacial score (nSPS) is 51.2. The van der Waals surface area contributed by atoms with Gasteiger partial charge in [0, 0.05) is 24.7 Å². The van der Waals surface area contributed by atoms with Crippen molar-refractivity contribution in [3.8, 4) is 0 Å². The van der Waals surface area contributed by atoms with Crippen LogP contribution in [0.2, 0.25) is 0 Å². The first-order chi connectivity index (χ1) is 29.7. The van der Waals surface area contributed by atoms with Crippen LogP contribution in [0.4, 0.5) is 0 Å². The molecule has 0 amide bonds. The number of carbonyl (C=O) groups excluding carboxylic acids is 2. The molecule has 0 aromatic rings. The third kappa shape index (κ3) is 9.33. The molecular formula is C45H74O18. The van der Waals surface area contributed by atoms with E-state index in [4.69, 9.17) is 28.4 Å². The Morgan fingerprint density at radius 1 is 0.714 bits per heavy atom. The van der Waals surface area contributed by atoms with E-state index in [1.165, 1.54) is 6.92 Å². The van der Waals surface area contributed by atoms with E-state index in [1.807, 2.05) is 13.8 Å². The van der Waals surface area contributed by atoms with E-state index in [9.17, 15) is 60.7 Å². The van der Waals surface area contributed by atoms with Gasteiger partial charge >= 0.3 is 0 Å². The Labute approximate surface area is 369 Å². The van der Waals surface area contributed by atoms with Crippen molar-refractivity contribution >= 4 is 11.6 Å². The van der Waals surface area contributed by atoms with E-state index in [-0.39, 0.29) is 65.2 Å². The highest BCUT2D eigenvalue weighted by molar-refractivity contribution is 5.92. The zero-order chi connectivity index (χ0) is 45.9. The number of Topliss-reactive ketones (excluding diaryl/α,β-unsaturated/α-hetero) is 2. The fourth-order valence-corrected chi connectivity index (χ4v) is 13.2. The van der Waals surface area contributed by atoms with Crippen molar-refractivity contribution < 1.29 is 89.1 Å². The van der Waals surface area contributed by atoms with Crippen LogP contribution in [0, 0.1) is 52.3 Å². The van der Waals surface area contributed by atoms with Gasteiger partial charge in [-0.05, 0) is 98.7 Å². The van der Waals surface area contributed by atoms with Crippen molar-refractivity contribution in [2.24, 2.45) is 52.3 Å². The number of aliphatic hydroxyl groups is 10. The van der Waals surface area contributed by atoms with E-state index in [1.54, 1.807) is 0 Å². The second-order valence-electron chi connectivity index (χ2n) is 20.8. The van der Waals surface area contributed by atoms with Crippen molar-refractivity contribution in [3.63, 3.8) is 0 Å². The van der Waals surface area contributed by atoms with Gasteiger partial charge in [0.05, 0.1) is 32.0 Å². The number of fused-ring (bicyclic) bond motifs is 5. The van der Waals surface area contributed by atoms with E-state index in [2.05, 4.69) is 13.8 Å². The van der Waals surface area contributed by atoms with Crippen LogP contribution in [0.3, 0.4) is 0 Å². The molecular weight excluding hydrogens is 828 g/mol. The van der Waals surface area contributed by atoms with Crippen LogP contribution in [0.15, 0.2) is 0 Å². The Bertz CT molecular complexity index is 1570. The van der Waals surface area contributed by atoms with Gasteiger partial charge in [-0.1, -0.05) is 27.7 Å². The molecule has 0 aromatic heterocycles. The lowest BCUT2D eigenvalue weighted by atomic mass is 9.44. The molecule has 10 N–H and O–H groups in total. The summed E-state index contributed by atoms with van der Waals surface area (Å²) in [6.07, 6.45) is -14.0. The predicted molar refractivity (Wildman–Crippen MR) is 218 cm³/mol. The van der Waals surface area contributed by atoms with Crippen LogP contribution < -0.4 is 0 Å². The monoisotopic (exact) mass is 902 g/mol. The molecule has 18 nitrogen and oxygen atoms in total. The molecule has 7 aliphatic rings. The summed E-state index contributed by atoms with van der Waals surface area (Å²) in [5.41, 5.74) is -0.335. The van der Waals surface area contributed by atoms with Gasteiger partial charge in [0.25, 0.3) is 0 Å². The molecule has 3 aliphatic heterocycles. The standard InChI is InChI=1S/C45H74O18/c1-19(18-58-41-38(56)36(54)33(51)29(16-46)61-41)6-9-27(48)20(2)31-28(49)15-26-24-8-7-22-14-23(10-12-44(22,4)25(24)11-13-45(26,31)5)60-43-40(37(55)34(52)30(17-47)62-43)63-42-39(57)35(53)32(50)21(3)59-42/h19-26,29-43,46-47,50-57H,6-18H2,1-5H3/t19-,20-,21+,22-,23+,24-,25+,26-,29-,30-,31+,32+,33-,34-,35-,36+,37+,38-,39-,40-,41-,42+,43-,44+,45+/m1/s1. The Kier molecular flexibility index (Phi) is 15.5. The SMILES string of the molecule is C[C@H](CCC(=O)[C@@H](C)[C@H]1C(=O)C[C@@H]2[C@@H]3CC[C@@H]4C[C@@H](O[C@@H]5O[C@H](CO)[C@@H](O)[C@H](O)[C@H]5O[C@@H]5O[C@@H](C)[C@H](O)[C@@H](O)[C@H]5O)CC[C@]4(C)[C@H]3CC[C@@]21C)CO[C@@H]1O[C@H](CO)[C@@H](O)[C@H](O)[C@H]1O. The minimum Gasteiger partial charge on any atom is -0.394 e. The van der Waals surface area contributed by atoms with Gasteiger partial charge in [0.2, 0.25) is 0 Å². The minimum absolute atomic E-state index is 0.0275. The highest BCUT2D eigenvalue weighted by atomic mass is 16.8. The fourth-order valence-electron chi connectivity index (χ4n) is 13.2. The molecule has 3 heterocycles. The molecule has 18 heteroatoms. The molecule has 0 unspecified atom stereocenters. The molecule has 0 radical (unpaired) electrons. The van der Waals surface area contributed by atoms with Crippen LogP contribution in [-0.2, 0) is 38.0 Å². The molecule has 7 fully saturated rings. The van der Waals surface area contributed by atoms with Crippen molar-refractivity contribution in [2.45, 2.75) is 197 Å². The predicted octanol–water partition coefficient (Wildman–Crippen LogP) is -0.701. The van der Waals surface area contributed by atoms with Crippen LogP contribution in [0.1, 0.15) is 98.8 Å². The third-order valence-corrected chi connectivity index (χ3v) is 17.1. The molecule has 0 spiro atoms. The van der Waals surface area contributed by atoms with Crippen molar-refractivity contribution in [1.29, 1.82) is 0 Å². The maximum atomic E-state index is 14.0. The van der Waals surface area contributed by atoms with Gasteiger partial charge in [0.1, 0.15) is 78.7 Å². The summed E-state index contributed by atoms with van der Waals surface area (Å²) in [7, 11) is 0. The molecule has 7 rings (SSSR count). The largest absolute Gasteiger partial charge is 0.394 e. The number of ether oxygens (including phenoxy) is 6. The zero-order valence-corrected chi connectivity index (χ0v) is 37.2. The van der Waals surface area contributed by atoms with Gasteiger partial charge in [0.15, 0.2) is 18.9 Å². The summed E-state index contributed by atoms with van der Waals surface area (Å²) in [5.74, 6) is 0.415. The maximum absolute atomic E-state index is 14.0. The van der Waals surface area contributed by atoms with Gasteiger partial charge < -0.3 is 79.5 Å². The van der Waals surface area contributed by atoms with Crippen molar-refractivity contribution in [1.82, 2.24) is 0 Å². The number of ketones is 2. The molecule has 4 aliphatic carbocycles. The second-order valence-corrected chi connectivity index (χ2v) is 20.8. The first-order valence-electron chi connectivity index (χ1n) is 23.4. The van der Waals surface area contributed by atoms with Crippen LogP contribution in [-0.4, -0.2) is 181 Å². The highest BCUT2D eigenvalue weighted by Crippen LogP contribution is 2.68. The Hall–Kier alpha value is -1.30. The lowest BCUT2D eigenvalue weighted by molar-refractivity contribution is -0.371. The van der Waals surface area contributed by atoms with E-state index in [0.717, 1.165) is 32.1 Å². The molecule has 4 saturated carbocycles. The Morgan fingerprint density at radius 2 is 1.33 bits per heavy atom. The Morgan fingerprint density at radius 3 is 2.02 bits per heavy atom. The maximum Gasteiger partial charge on any atom is 0.187 e. The first-order valence-corrected chi connectivity index (χ1v) is 23.4. The van der Waals surface area contributed by atoms with Crippen LogP contribution in [0.5, 0.6) is 0 Å². The van der Waals surface area contributed by atoms with E-state index < -0.39 is 111 Å². The summed E-state index contributed by atoms with van der Waals surface area (Å²) in [4.78, 5) is 27.8. The molecule has 25 atom stereocenters. The lowest BCUT2D eigenvalue weighted by Crippen LogP contribution is -2.64. The van der Waals surface area contributed by atoms with Gasteiger partial charge in [-0.15, -0.1) is 0 Å². The average Bonchev–Trinajstić information content (AvgIpc) is 3.54. The molecule has 362 valence electrons. The van der Waals surface area contributed by atoms with Crippen molar-refractivity contribution in [2.75, 3.05) is 19.8 Å². The zero-order valence-electron chi connectivity index (χ0n) is 37.2. The summed E-state index contributed by atoms with van der Waals surface area (Å²) < 4.78 is 35.2. The molecule has 63 heavy (non-hydrogen) atoms. The highest BCUT2D eigenvalue weighted by Gasteiger charge is 2.64. The molecule has 0 bridgehead atoms. The fraction of sp³-hybridized carbons (Fsp3) is 0.956. The van der Waals surface area contributed by atoms with E-state index >= 15 is 0 Å². The second kappa shape index (κ2) is 19.7. The quantitative estimate of drug-likeness (QED) is 0.0965. The molecule has 0 aromatic carbocycles. The topological polar surface area (TPSA) is 292 Å². The Balaban J connectivity index is 0.945. The van der Waals surface area contributed by atoms with Crippen LogP contribution >= 0.6 is 0 Å². The molecule has 3 saturated heterocycles. The smallest absolute Gasteiger partial charge is 0.187 e. The van der Waals surface area contributed by atoms with Gasteiger partial charge in [-0.3, -0.25) is 9.59 Å².